The van der Waals surface area contributed by atoms with Crippen molar-refractivity contribution >= 4 is 0 Å². The number of hydrogen-bond acceptors (Lipinski definition) is 2. The molecule has 3 heteroatoms. The highest BCUT2D eigenvalue weighted by atomic mass is 16.3. The molecule has 0 bridgehead atoms. The Kier molecular flexibility index (Phi) is 3.33. The van der Waals surface area contributed by atoms with Gasteiger partial charge in [-0.15, -0.1) is 0 Å². The molecule has 0 aliphatic heterocycles. The van der Waals surface area contributed by atoms with E-state index in [-0.39, 0.29) is 6.10 Å². The zero-order chi connectivity index (χ0) is 11.7. The quantitative estimate of drug-likeness (QED) is 0.835. The van der Waals surface area contributed by atoms with Crippen molar-refractivity contribution in [3.05, 3.63) is 17.5 Å². The molecule has 3 nitrogen and oxygen atoms in total. The maximum Gasteiger partial charge on any atom is 0.0984 e. The van der Waals surface area contributed by atoms with Crippen molar-refractivity contribution in [3.63, 3.8) is 0 Å². The highest BCUT2D eigenvalue weighted by Crippen LogP contribution is 2.36. The van der Waals surface area contributed by atoms with Crippen molar-refractivity contribution in [1.82, 2.24) is 9.78 Å². The van der Waals surface area contributed by atoms with Gasteiger partial charge in [0.1, 0.15) is 0 Å². The lowest BCUT2D eigenvalue weighted by molar-refractivity contribution is 0.0690. The second-order valence-corrected chi connectivity index (χ2v) is 5.30. The molecule has 0 aromatic carbocycles. The minimum absolute atomic E-state index is 0.335. The first-order chi connectivity index (χ1) is 7.58. The van der Waals surface area contributed by atoms with Gasteiger partial charge in [-0.25, -0.2) is 0 Å². The first kappa shape index (κ1) is 11.6. The second kappa shape index (κ2) is 4.58. The molecule has 0 saturated heterocycles. The molecular formula is C13H22N2O. The third kappa shape index (κ3) is 2.29. The molecule has 16 heavy (non-hydrogen) atoms. The summed E-state index contributed by atoms with van der Waals surface area (Å²) in [5.74, 6) is 1.25. The highest BCUT2D eigenvalue weighted by Gasteiger charge is 2.27. The molecule has 0 radical (unpaired) electrons. The van der Waals surface area contributed by atoms with Gasteiger partial charge in [-0.2, -0.15) is 5.10 Å². The summed E-state index contributed by atoms with van der Waals surface area (Å²) in [7, 11) is 1.91. The summed E-state index contributed by atoms with van der Waals surface area (Å²) in [6.07, 6.45) is 4.45. The third-order valence-electron chi connectivity index (χ3n) is 3.85. The maximum atomic E-state index is 10.4. The fourth-order valence-electron chi connectivity index (χ4n) is 2.75. The van der Waals surface area contributed by atoms with E-state index in [1.807, 2.05) is 24.7 Å². The Bertz CT molecular complexity index is 351. The summed E-state index contributed by atoms with van der Waals surface area (Å²) in [4.78, 5) is 0. The van der Waals surface area contributed by atoms with E-state index in [2.05, 4.69) is 12.0 Å². The van der Waals surface area contributed by atoms with Gasteiger partial charge in [0, 0.05) is 7.05 Å². The van der Waals surface area contributed by atoms with E-state index >= 15 is 0 Å². The SMILES string of the molecule is Cc1cc(C(O)C2CCC(C)CC2)n(C)n1. The number of aryl methyl sites for hydroxylation is 2. The standard InChI is InChI=1S/C13H22N2O/c1-9-4-6-11(7-5-9)13(16)12-8-10(2)14-15(12)3/h8-9,11,13,16H,4-7H2,1-3H3. The van der Waals surface area contributed by atoms with Gasteiger partial charge in [-0.1, -0.05) is 19.8 Å². The lowest BCUT2D eigenvalue weighted by Gasteiger charge is -2.29. The molecule has 1 N–H and O–H groups in total. The second-order valence-electron chi connectivity index (χ2n) is 5.30. The molecule has 1 saturated carbocycles. The van der Waals surface area contributed by atoms with Gasteiger partial charge in [-0.05, 0) is 37.7 Å². The van der Waals surface area contributed by atoms with E-state index in [0.717, 1.165) is 30.1 Å². The summed E-state index contributed by atoms with van der Waals surface area (Å²) >= 11 is 0. The summed E-state index contributed by atoms with van der Waals surface area (Å²) in [6, 6.07) is 2.00. The van der Waals surface area contributed by atoms with Gasteiger partial charge < -0.3 is 5.11 Å². The Morgan fingerprint density at radius 3 is 2.50 bits per heavy atom. The lowest BCUT2D eigenvalue weighted by Crippen LogP contribution is -2.21. The van der Waals surface area contributed by atoms with Crippen LogP contribution < -0.4 is 0 Å². The Hall–Kier alpha value is -0.830. The molecule has 0 spiro atoms. The Labute approximate surface area is 97.5 Å². The third-order valence-corrected chi connectivity index (χ3v) is 3.85. The molecular weight excluding hydrogens is 200 g/mol. The van der Waals surface area contributed by atoms with Gasteiger partial charge in [0.2, 0.25) is 0 Å². The smallest absolute Gasteiger partial charge is 0.0984 e. The van der Waals surface area contributed by atoms with Crippen molar-refractivity contribution in [2.45, 2.75) is 45.6 Å². The van der Waals surface area contributed by atoms with Gasteiger partial charge in [0.25, 0.3) is 0 Å². The number of nitrogens with zero attached hydrogens (tertiary/aromatic N) is 2. The van der Waals surface area contributed by atoms with Crippen LogP contribution in [0.25, 0.3) is 0 Å². The van der Waals surface area contributed by atoms with Gasteiger partial charge in [-0.3, -0.25) is 4.68 Å². The zero-order valence-corrected chi connectivity index (χ0v) is 10.5. The summed E-state index contributed by atoms with van der Waals surface area (Å²) < 4.78 is 1.82. The molecule has 2 rings (SSSR count). The molecule has 1 fully saturated rings. The number of hydrogen-bond donors (Lipinski definition) is 1. The van der Waals surface area contributed by atoms with E-state index < -0.39 is 0 Å². The van der Waals surface area contributed by atoms with Crippen LogP contribution in [-0.2, 0) is 7.05 Å². The average molecular weight is 222 g/mol. The number of rotatable bonds is 2. The molecule has 0 amide bonds. The molecule has 90 valence electrons. The first-order valence-corrected chi connectivity index (χ1v) is 6.26. The van der Waals surface area contributed by atoms with Crippen LogP contribution >= 0.6 is 0 Å². The van der Waals surface area contributed by atoms with Crippen molar-refractivity contribution in [2.75, 3.05) is 0 Å². The van der Waals surface area contributed by atoms with Crippen molar-refractivity contribution in [2.24, 2.45) is 18.9 Å². The van der Waals surface area contributed by atoms with E-state index in [0.29, 0.717) is 5.92 Å². The molecule has 1 heterocycles. The van der Waals surface area contributed by atoms with Crippen LogP contribution in [0.15, 0.2) is 6.07 Å². The molecule has 1 aliphatic carbocycles. The zero-order valence-electron chi connectivity index (χ0n) is 10.5. The number of aliphatic hydroxyl groups excluding tert-OH is 1. The highest BCUT2D eigenvalue weighted by molar-refractivity contribution is 5.12. The summed E-state index contributed by atoms with van der Waals surface area (Å²) in [6.45, 7) is 4.27. The van der Waals surface area contributed by atoms with Gasteiger partial charge >= 0.3 is 0 Å². The average Bonchev–Trinajstić information content (AvgIpc) is 2.58. The van der Waals surface area contributed by atoms with E-state index in [9.17, 15) is 5.11 Å². The normalized spacial score (nSPS) is 28.0. The van der Waals surface area contributed by atoms with Crippen LogP contribution in [0, 0.1) is 18.8 Å². The lowest BCUT2D eigenvalue weighted by atomic mass is 9.79. The number of aliphatic hydroxyl groups is 1. The molecule has 1 atom stereocenters. The monoisotopic (exact) mass is 222 g/mol. The van der Waals surface area contributed by atoms with Crippen LogP contribution in [-0.4, -0.2) is 14.9 Å². The topological polar surface area (TPSA) is 38.0 Å². The molecule has 1 aliphatic rings. The van der Waals surface area contributed by atoms with Crippen molar-refractivity contribution in [3.8, 4) is 0 Å². The Morgan fingerprint density at radius 2 is 2.00 bits per heavy atom. The number of aromatic nitrogens is 2. The molecule has 1 aromatic rings. The largest absolute Gasteiger partial charge is 0.387 e. The van der Waals surface area contributed by atoms with Crippen LogP contribution in [0.4, 0.5) is 0 Å². The van der Waals surface area contributed by atoms with Crippen LogP contribution in [0.1, 0.15) is 50.1 Å². The summed E-state index contributed by atoms with van der Waals surface area (Å²) in [5, 5.41) is 14.7. The predicted molar refractivity (Wildman–Crippen MR) is 64.0 cm³/mol. The van der Waals surface area contributed by atoms with E-state index in [1.165, 1.54) is 12.8 Å². The minimum Gasteiger partial charge on any atom is -0.387 e. The summed E-state index contributed by atoms with van der Waals surface area (Å²) in [5.41, 5.74) is 1.96. The maximum absolute atomic E-state index is 10.4. The van der Waals surface area contributed by atoms with Crippen molar-refractivity contribution in [1.29, 1.82) is 0 Å². The molecule has 1 aromatic heterocycles. The van der Waals surface area contributed by atoms with E-state index in [4.69, 9.17) is 0 Å². The van der Waals surface area contributed by atoms with Gasteiger partial charge in [0.15, 0.2) is 0 Å². The van der Waals surface area contributed by atoms with E-state index in [1.54, 1.807) is 0 Å². The van der Waals surface area contributed by atoms with Gasteiger partial charge in [0.05, 0.1) is 17.5 Å². The Balaban J connectivity index is 2.07. The fraction of sp³-hybridized carbons (Fsp3) is 0.769. The van der Waals surface area contributed by atoms with Crippen LogP contribution in [0.5, 0.6) is 0 Å². The van der Waals surface area contributed by atoms with Crippen LogP contribution in [0.2, 0.25) is 0 Å². The van der Waals surface area contributed by atoms with Crippen molar-refractivity contribution < 1.29 is 5.11 Å². The molecule has 1 unspecified atom stereocenters. The van der Waals surface area contributed by atoms with Crippen LogP contribution in [0.3, 0.4) is 0 Å². The minimum atomic E-state index is -0.335. The first-order valence-electron chi connectivity index (χ1n) is 6.26. The Morgan fingerprint density at radius 1 is 1.38 bits per heavy atom. The predicted octanol–water partition coefficient (Wildman–Crippen LogP) is 2.59. The fourth-order valence-corrected chi connectivity index (χ4v) is 2.75.